The molecule has 0 radical (unpaired) electrons. The lowest BCUT2D eigenvalue weighted by Gasteiger charge is -2.18. The van der Waals surface area contributed by atoms with Crippen LogP contribution in [0.3, 0.4) is 0 Å². The number of nitro benzene ring substituents is 1. The third-order valence-electron chi connectivity index (χ3n) is 3.23. The number of nitrogens with zero attached hydrogens (tertiary/aromatic N) is 2. The predicted octanol–water partition coefficient (Wildman–Crippen LogP) is 4.38. The number of hydrogen-bond donors (Lipinski definition) is 0. The number of sulfonamides is 1. The maximum atomic E-state index is 12.6. The van der Waals surface area contributed by atoms with E-state index in [2.05, 4.69) is 0 Å². The van der Waals surface area contributed by atoms with E-state index in [9.17, 15) is 18.5 Å². The molecule has 0 spiro atoms. The quantitative estimate of drug-likeness (QED) is 0.542. The topological polar surface area (TPSA) is 80.5 Å². The fraction of sp³-hybridized carbons (Fsp3) is 0.143. The van der Waals surface area contributed by atoms with Gasteiger partial charge >= 0.3 is 0 Å². The molecule has 0 fully saturated rings. The highest BCUT2D eigenvalue weighted by molar-refractivity contribution is 7.89. The lowest BCUT2D eigenvalue weighted by atomic mass is 10.2. The van der Waals surface area contributed by atoms with E-state index in [4.69, 9.17) is 34.8 Å². The summed E-state index contributed by atoms with van der Waals surface area (Å²) in [4.78, 5) is 9.95. The second kappa shape index (κ2) is 7.25. The van der Waals surface area contributed by atoms with Gasteiger partial charge in [0.1, 0.15) is 5.02 Å². The summed E-state index contributed by atoms with van der Waals surface area (Å²) in [6.45, 7) is -0.0191. The number of halogens is 3. The van der Waals surface area contributed by atoms with Crippen LogP contribution in [0.1, 0.15) is 5.56 Å². The summed E-state index contributed by atoms with van der Waals surface area (Å²) in [5.74, 6) is 0. The maximum Gasteiger partial charge on any atom is 0.289 e. The van der Waals surface area contributed by atoms with E-state index in [0.717, 1.165) is 10.4 Å². The number of nitro groups is 1. The molecule has 0 N–H and O–H groups in total. The molecule has 2 aromatic rings. The highest BCUT2D eigenvalue weighted by atomic mass is 35.5. The van der Waals surface area contributed by atoms with Crippen molar-refractivity contribution in [2.24, 2.45) is 0 Å². The number of benzene rings is 2. The van der Waals surface area contributed by atoms with Gasteiger partial charge in [0.25, 0.3) is 5.69 Å². The first kappa shape index (κ1) is 19.0. The molecule has 0 heterocycles. The molecule has 128 valence electrons. The molecule has 10 heteroatoms. The zero-order valence-corrected chi connectivity index (χ0v) is 15.3. The average molecular weight is 410 g/mol. The molecule has 2 rings (SSSR count). The summed E-state index contributed by atoms with van der Waals surface area (Å²) < 4.78 is 26.2. The molecule has 0 aliphatic rings. The molecular formula is C14H11Cl3N2O4S. The Balaban J connectivity index is 2.36. The van der Waals surface area contributed by atoms with Crippen LogP contribution in [0.4, 0.5) is 5.69 Å². The lowest BCUT2D eigenvalue weighted by Crippen LogP contribution is -2.26. The molecule has 0 aliphatic carbocycles. The van der Waals surface area contributed by atoms with Gasteiger partial charge in [-0.1, -0.05) is 40.9 Å². The Kier molecular flexibility index (Phi) is 5.72. The van der Waals surface area contributed by atoms with Gasteiger partial charge in [0.15, 0.2) is 0 Å². The summed E-state index contributed by atoms with van der Waals surface area (Å²) in [5.41, 5.74) is 0.0753. The van der Waals surface area contributed by atoms with Crippen molar-refractivity contribution in [2.75, 3.05) is 7.05 Å². The SMILES string of the molecule is CN(Cc1ccc(Cl)cc1Cl)S(=O)(=O)c1ccc(Cl)c([N+](=O)[O-])c1. The van der Waals surface area contributed by atoms with Gasteiger partial charge < -0.3 is 0 Å². The van der Waals surface area contributed by atoms with Gasteiger partial charge in [-0.15, -0.1) is 0 Å². The van der Waals surface area contributed by atoms with E-state index in [0.29, 0.717) is 15.6 Å². The smallest absolute Gasteiger partial charge is 0.258 e. The molecule has 0 saturated heterocycles. The molecule has 0 aromatic heterocycles. The molecule has 0 bridgehead atoms. The van der Waals surface area contributed by atoms with Crippen molar-refractivity contribution in [2.45, 2.75) is 11.4 Å². The van der Waals surface area contributed by atoms with Crippen LogP contribution in [-0.2, 0) is 16.6 Å². The minimum Gasteiger partial charge on any atom is -0.258 e. The van der Waals surface area contributed by atoms with Crippen LogP contribution < -0.4 is 0 Å². The molecule has 0 saturated carbocycles. The van der Waals surface area contributed by atoms with Crippen LogP contribution >= 0.6 is 34.8 Å². The van der Waals surface area contributed by atoms with Gasteiger partial charge in [-0.05, 0) is 29.8 Å². The van der Waals surface area contributed by atoms with Crippen molar-refractivity contribution in [3.05, 3.63) is 67.1 Å². The monoisotopic (exact) mass is 408 g/mol. The first-order valence-electron chi connectivity index (χ1n) is 6.47. The zero-order valence-electron chi connectivity index (χ0n) is 12.2. The number of rotatable bonds is 5. The van der Waals surface area contributed by atoms with Crippen LogP contribution in [0, 0.1) is 10.1 Å². The maximum absolute atomic E-state index is 12.6. The Morgan fingerprint density at radius 3 is 2.33 bits per heavy atom. The van der Waals surface area contributed by atoms with Crippen molar-refractivity contribution in [3.8, 4) is 0 Å². The molecule has 0 unspecified atom stereocenters. The van der Waals surface area contributed by atoms with Crippen molar-refractivity contribution >= 4 is 50.5 Å². The van der Waals surface area contributed by atoms with Gasteiger partial charge in [0.2, 0.25) is 10.0 Å². The van der Waals surface area contributed by atoms with Crippen LogP contribution in [0.5, 0.6) is 0 Å². The first-order valence-corrected chi connectivity index (χ1v) is 9.04. The summed E-state index contributed by atoms with van der Waals surface area (Å²) >= 11 is 17.6. The van der Waals surface area contributed by atoms with E-state index >= 15 is 0 Å². The molecule has 2 aromatic carbocycles. The number of hydrogen-bond acceptors (Lipinski definition) is 4. The fourth-order valence-electron chi connectivity index (χ4n) is 1.95. The first-order chi connectivity index (χ1) is 11.1. The summed E-state index contributed by atoms with van der Waals surface area (Å²) in [7, 11) is -2.61. The molecule has 24 heavy (non-hydrogen) atoms. The lowest BCUT2D eigenvalue weighted by molar-refractivity contribution is -0.384. The third kappa shape index (κ3) is 3.99. The van der Waals surface area contributed by atoms with Crippen molar-refractivity contribution in [3.63, 3.8) is 0 Å². The molecule has 0 aliphatic heterocycles. The van der Waals surface area contributed by atoms with Crippen LogP contribution in [0.15, 0.2) is 41.3 Å². The van der Waals surface area contributed by atoms with Gasteiger partial charge in [-0.25, -0.2) is 8.42 Å². The summed E-state index contributed by atoms with van der Waals surface area (Å²) in [6, 6.07) is 8.03. The average Bonchev–Trinajstić information content (AvgIpc) is 2.49. The van der Waals surface area contributed by atoms with E-state index in [1.54, 1.807) is 12.1 Å². The standard InChI is InChI=1S/C14H11Cl3N2O4S/c1-18(8-9-2-3-10(15)6-13(9)17)24(22,23)11-4-5-12(16)14(7-11)19(20)21/h2-7H,8H2,1H3. The van der Waals surface area contributed by atoms with E-state index in [-0.39, 0.29) is 16.5 Å². The van der Waals surface area contributed by atoms with Crippen molar-refractivity contribution in [1.82, 2.24) is 4.31 Å². The van der Waals surface area contributed by atoms with Crippen LogP contribution in [0.2, 0.25) is 15.1 Å². The van der Waals surface area contributed by atoms with Crippen LogP contribution in [-0.4, -0.2) is 24.7 Å². The predicted molar refractivity (Wildman–Crippen MR) is 93.2 cm³/mol. The summed E-state index contributed by atoms with van der Waals surface area (Å²) in [6.07, 6.45) is 0. The van der Waals surface area contributed by atoms with Gasteiger partial charge in [-0.2, -0.15) is 4.31 Å². The van der Waals surface area contributed by atoms with E-state index in [1.165, 1.54) is 25.2 Å². The highest BCUT2D eigenvalue weighted by Gasteiger charge is 2.25. The Morgan fingerprint density at radius 1 is 1.08 bits per heavy atom. The minimum absolute atomic E-state index is 0.0191. The highest BCUT2D eigenvalue weighted by Crippen LogP contribution is 2.29. The molecule has 6 nitrogen and oxygen atoms in total. The molecule has 0 atom stereocenters. The van der Waals surface area contributed by atoms with Gasteiger partial charge in [0, 0.05) is 29.7 Å². The molecular weight excluding hydrogens is 399 g/mol. The minimum atomic E-state index is -3.96. The second-order valence-electron chi connectivity index (χ2n) is 4.87. The fourth-order valence-corrected chi connectivity index (χ4v) is 3.77. The Morgan fingerprint density at radius 2 is 1.75 bits per heavy atom. The summed E-state index contributed by atoms with van der Waals surface area (Å²) in [5, 5.41) is 11.5. The Bertz CT molecular complexity index is 903. The van der Waals surface area contributed by atoms with Crippen LogP contribution in [0.25, 0.3) is 0 Å². The normalized spacial score (nSPS) is 11.7. The van der Waals surface area contributed by atoms with Crippen molar-refractivity contribution < 1.29 is 13.3 Å². The van der Waals surface area contributed by atoms with Crippen molar-refractivity contribution in [1.29, 1.82) is 0 Å². The van der Waals surface area contributed by atoms with Gasteiger partial charge in [0.05, 0.1) is 9.82 Å². The largest absolute Gasteiger partial charge is 0.289 e. The second-order valence-corrected chi connectivity index (χ2v) is 8.16. The van der Waals surface area contributed by atoms with Gasteiger partial charge in [-0.3, -0.25) is 10.1 Å². The zero-order chi connectivity index (χ0) is 18.1. The van der Waals surface area contributed by atoms with E-state index < -0.39 is 20.6 Å². The third-order valence-corrected chi connectivity index (χ3v) is 5.94. The Labute approximate surface area is 153 Å². The van der Waals surface area contributed by atoms with E-state index in [1.807, 2.05) is 0 Å². The molecule has 0 amide bonds. The Hall–Kier alpha value is -1.38.